The Morgan fingerprint density at radius 3 is 2.61 bits per heavy atom. The molecule has 0 spiro atoms. The molecule has 0 radical (unpaired) electrons. The van der Waals surface area contributed by atoms with E-state index in [9.17, 15) is 0 Å². The Hall–Kier alpha value is -2.20. The Morgan fingerprint density at radius 1 is 1.04 bits per heavy atom. The lowest BCUT2D eigenvalue weighted by molar-refractivity contribution is 0.174. The minimum Gasteiger partial charge on any atom is -0.496 e. The molecule has 0 fully saturated rings. The molecule has 0 aliphatic carbocycles. The molecular weight excluding hydrogens is 290 g/mol. The Morgan fingerprint density at radius 2 is 1.83 bits per heavy atom. The van der Waals surface area contributed by atoms with Gasteiger partial charge in [0.2, 0.25) is 6.79 Å². The molecule has 0 bridgehead atoms. The van der Waals surface area contributed by atoms with E-state index in [1.54, 1.807) is 7.11 Å². The summed E-state index contributed by atoms with van der Waals surface area (Å²) in [4.78, 5) is 0. The number of fused-ring (bicyclic) bond motifs is 2. The van der Waals surface area contributed by atoms with E-state index in [1.165, 1.54) is 22.3 Å². The highest BCUT2D eigenvalue weighted by atomic mass is 16.7. The van der Waals surface area contributed by atoms with Gasteiger partial charge in [-0.15, -0.1) is 0 Å². The lowest BCUT2D eigenvalue weighted by Gasteiger charge is -2.29. The van der Waals surface area contributed by atoms with E-state index in [0.717, 1.165) is 35.8 Å². The van der Waals surface area contributed by atoms with E-state index < -0.39 is 0 Å². The van der Waals surface area contributed by atoms with Gasteiger partial charge in [-0.05, 0) is 49.1 Å². The smallest absolute Gasteiger partial charge is 0.231 e. The number of ether oxygens (including phenoxy) is 3. The number of hydrogen-bond acceptors (Lipinski definition) is 4. The molecule has 2 aliphatic heterocycles. The van der Waals surface area contributed by atoms with Crippen LogP contribution in [-0.4, -0.2) is 20.4 Å². The zero-order chi connectivity index (χ0) is 16.0. The molecule has 1 N–H and O–H groups in total. The SMILES string of the molecule is COc1c(C)cc(C)cc1C1NCCc2cc3c(cc21)OCO3. The van der Waals surface area contributed by atoms with Crippen LogP contribution in [0.25, 0.3) is 0 Å². The van der Waals surface area contributed by atoms with Crippen molar-refractivity contribution in [3.8, 4) is 17.2 Å². The second-order valence-corrected chi connectivity index (χ2v) is 6.25. The second-order valence-electron chi connectivity index (χ2n) is 6.25. The van der Waals surface area contributed by atoms with Crippen LogP contribution in [0.4, 0.5) is 0 Å². The molecule has 4 rings (SSSR count). The number of methoxy groups -OCH3 is 1. The molecule has 0 amide bonds. The zero-order valence-electron chi connectivity index (χ0n) is 13.7. The topological polar surface area (TPSA) is 39.7 Å². The van der Waals surface area contributed by atoms with Crippen LogP contribution in [0.15, 0.2) is 24.3 Å². The molecule has 0 aromatic heterocycles. The molecule has 4 nitrogen and oxygen atoms in total. The van der Waals surface area contributed by atoms with E-state index >= 15 is 0 Å². The lowest BCUT2D eigenvalue weighted by atomic mass is 9.87. The first kappa shape index (κ1) is 14.4. The summed E-state index contributed by atoms with van der Waals surface area (Å²) in [5.41, 5.74) is 6.16. The van der Waals surface area contributed by atoms with Crippen molar-refractivity contribution in [1.82, 2.24) is 5.32 Å². The zero-order valence-corrected chi connectivity index (χ0v) is 13.7. The minimum atomic E-state index is 0.113. The van der Waals surface area contributed by atoms with Crippen LogP contribution < -0.4 is 19.5 Å². The van der Waals surface area contributed by atoms with Crippen molar-refractivity contribution in [3.05, 3.63) is 52.1 Å². The highest BCUT2D eigenvalue weighted by Crippen LogP contribution is 2.42. The van der Waals surface area contributed by atoms with E-state index in [1.807, 2.05) is 0 Å². The van der Waals surface area contributed by atoms with Crippen LogP contribution in [0.5, 0.6) is 17.2 Å². The van der Waals surface area contributed by atoms with Crippen LogP contribution in [0.2, 0.25) is 0 Å². The maximum Gasteiger partial charge on any atom is 0.231 e. The van der Waals surface area contributed by atoms with E-state index in [2.05, 4.69) is 43.4 Å². The van der Waals surface area contributed by atoms with Crippen LogP contribution in [0.1, 0.15) is 33.9 Å². The largest absolute Gasteiger partial charge is 0.496 e. The van der Waals surface area contributed by atoms with Crippen LogP contribution in [0, 0.1) is 13.8 Å². The average molecular weight is 311 g/mol. The van der Waals surface area contributed by atoms with E-state index in [4.69, 9.17) is 14.2 Å². The van der Waals surface area contributed by atoms with Gasteiger partial charge in [0.25, 0.3) is 0 Å². The van der Waals surface area contributed by atoms with Crippen molar-refractivity contribution in [2.24, 2.45) is 0 Å². The minimum absolute atomic E-state index is 0.113. The third-order valence-electron chi connectivity index (χ3n) is 4.65. The Bertz CT molecular complexity index is 770. The molecule has 2 aliphatic rings. The van der Waals surface area contributed by atoms with Gasteiger partial charge in [-0.1, -0.05) is 17.7 Å². The highest BCUT2D eigenvalue weighted by molar-refractivity contribution is 5.55. The standard InChI is InChI=1S/C19H21NO3/c1-11-6-12(2)19(21-3)15(7-11)18-14-9-17-16(22-10-23-17)8-13(14)4-5-20-18/h6-9,18,20H,4-5,10H2,1-3H3. The lowest BCUT2D eigenvalue weighted by Crippen LogP contribution is -2.31. The predicted molar refractivity (Wildman–Crippen MR) is 88.6 cm³/mol. The van der Waals surface area contributed by atoms with Crippen LogP contribution in [0.3, 0.4) is 0 Å². The number of nitrogens with one attached hydrogen (secondary N) is 1. The van der Waals surface area contributed by atoms with Gasteiger partial charge in [0.1, 0.15) is 5.75 Å². The highest BCUT2D eigenvalue weighted by Gasteiger charge is 2.28. The molecule has 4 heteroatoms. The van der Waals surface area contributed by atoms with Crippen LogP contribution in [-0.2, 0) is 6.42 Å². The van der Waals surface area contributed by atoms with Gasteiger partial charge in [-0.25, -0.2) is 0 Å². The summed E-state index contributed by atoms with van der Waals surface area (Å²) >= 11 is 0. The summed E-state index contributed by atoms with van der Waals surface area (Å²) in [7, 11) is 1.74. The third-order valence-corrected chi connectivity index (χ3v) is 4.65. The number of hydrogen-bond donors (Lipinski definition) is 1. The maximum absolute atomic E-state index is 5.70. The monoisotopic (exact) mass is 311 g/mol. The first-order valence-electron chi connectivity index (χ1n) is 7.98. The number of aryl methyl sites for hydroxylation is 2. The molecule has 2 aromatic rings. The Labute approximate surface area is 136 Å². The molecule has 23 heavy (non-hydrogen) atoms. The molecule has 1 atom stereocenters. The van der Waals surface area contributed by atoms with Crippen molar-refractivity contribution in [2.75, 3.05) is 20.4 Å². The van der Waals surface area contributed by atoms with Gasteiger partial charge in [0.05, 0.1) is 13.2 Å². The van der Waals surface area contributed by atoms with Crippen LogP contribution >= 0.6 is 0 Å². The molecule has 0 saturated heterocycles. The van der Waals surface area contributed by atoms with Crippen molar-refractivity contribution in [3.63, 3.8) is 0 Å². The Kier molecular flexibility index (Phi) is 3.42. The predicted octanol–water partition coefficient (Wildman–Crippen LogP) is 3.28. The molecular formula is C19H21NO3. The molecule has 1 unspecified atom stereocenters. The van der Waals surface area contributed by atoms with Crippen molar-refractivity contribution in [1.29, 1.82) is 0 Å². The van der Waals surface area contributed by atoms with Gasteiger partial charge in [0.15, 0.2) is 11.5 Å². The number of rotatable bonds is 2. The molecule has 2 aromatic carbocycles. The summed E-state index contributed by atoms with van der Waals surface area (Å²) < 4.78 is 16.8. The van der Waals surface area contributed by atoms with Crippen molar-refractivity contribution < 1.29 is 14.2 Å². The van der Waals surface area contributed by atoms with Gasteiger partial charge >= 0.3 is 0 Å². The fourth-order valence-electron chi connectivity index (χ4n) is 3.70. The summed E-state index contributed by atoms with van der Waals surface area (Å²) in [6.07, 6.45) is 0.996. The normalized spacial score (nSPS) is 18.7. The fourth-order valence-corrected chi connectivity index (χ4v) is 3.70. The van der Waals surface area contributed by atoms with E-state index in [-0.39, 0.29) is 6.04 Å². The first-order chi connectivity index (χ1) is 11.2. The fraction of sp³-hybridized carbons (Fsp3) is 0.368. The second kappa shape index (κ2) is 5.46. The third kappa shape index (κ3) is 2.34. The molecule has 0 saturated carbocycles. The summed E-state index contributed by atoms with van der Waals surface area (Å²) in [5, 5.41) is 3.64. The van der Waals surface area contributed by atoms with Gasteiger partial charge < -0.3 is 19.5 Å². The number of benzene rings is 2. The first-order valence-corrected chi connectivity index (χ1v) is 7.98. The molecule has 120 valence electrons. The van der Waals surface area contributed by atoms with Gasteiger partial charge in [0, 0.05) is 12.1 Å². The summed E-state index contributed by atoms with van der Waals surface area (Å²) in [6, 6.07) is 8.73. The summed E-state index contributed by atoms with van der Waals surface area (Å²) in [6.45, 7) is 5.47. The van der Waals surface area contributed by atoms with Crippen molar-refractivity contribution in [2.45, 2.75) is 26.3 Å². The average Bonchev–Trinajstić information content (AvgIpc) is 2.98. The van der Waals surface area contributed by atoms with E-state index in [0.29, 0.717) is 6.79 Å². The summed E-state index contributed by atoms with van der Waals surface area (Å²) in [5.74, 6) is 2.65. The maximum atomic E-state index is 5.70. The quantitative estimate of drug-likeness (QED) is 0.924. The van der Waals surface area contributed by atoms with Gasteiger partial charge in [-0.3, -0.25) is 0 Å². The van der Waals surface area contributed by atoms with Gasteiger partial charge in [-0.2, -0.15) is 0 Å². The van der Waals surface area contributed by atoms with Crippen molar-refractivity contribution >= 4 is 0 Å². The Balaban J connectivity index is 1.87. The molecule has 2 heterocycles.